The van der Waals surface area contributed by atoms with Crippen molar-refractivity contribution in [3.8, 4) is 0 Å². The van der Waals surface area contributed by atoms with E-state index in [4.69, 9.17) is 5.11 Å². The van der Waals surface area contributed by atoms with Gasteiger partial charge in [0.25, 0.3) is 0 Å². The Morgan fingerprint density at radius 2 is 1.83 bits per heavy atom. The minimum Gasteiger partial charge on any atom is -0.478 e. The molecule has 0 heterocycles. The third-order valence-electron chi connectivity index (χ3n) is 2.80. The Morgan fingerprint density at radius 1 is 1.17 bits per heavy atom. The number of aryl methyl sites for hydroxylation is 1. The van der Waals surface area contributed by atoms with Gasteiger partial charge in [0.2, 0.25) is 0 Å². The van der Waals surface area contributed by atoms with Gasteiger partial charge in [-0.05, 0) is 42.7 Å². The van der Waals surface area contributed by atoms with Gasteiger partial charge in [-0.25, -0.2) is 9.18 Å². The Hall–Kier alpha value is -2.16. The van der Waals surface area contributed by atoms with E-state index >= 15 is 0 Å². The number of carbonyl (C=O) groups is 1. The maximum Gasteiger partial charge on any atom is 0.335 e. The lowest BCUT2D eigenvalue weighted by Crippen LogP contribution is -2.03. The van der Waals surface area contributed by atoms with Crippen molar-refractivity contribution in [3.05, 3.63) is 70.5 Å². The van der Waals surface area contributed by atoms with E-state index in [1.807, 2.05) is 19.1 Å². The van der Waals surface area contributed by atoms with Crippen LogP contribution in [0.1, 0.15) is 27.0 Å². The van der Waals surface area contributed by atoms with Gasteiger partial charge >= 0.3 is 5.97 Å². The fourth-order valence-corrected chi connectivity index (χ4v) is 1.87. The van der Waals surface area contributed by atoms with Gasteiger partial charge in [0.15, 0.2) is 0 Å². The fourth-order valence-electron chi connectivity index (χ4n) is 1.87. The Bertz CT molecular complexity index is 574. The number of aromatic carboxylic acids is 1. The number of carboxylic acids is 1. The zero-order valence-electron chi connectivity index (χ0n) is 9.98. The van der Waals surface area contributed by atoms with Gasteiger partial charge < -0.3 is 5.11 Å². The van der Waals surface area contributed by atoms with Crippen LogP contribution in [0, 0.1) is 12.7 Å². The van der Waals surface area contributed by atoms with E-state index in [0.29, 0.717) is 12.0 Å². The van der Waals surface area contributed by atoms with Crippen molar-refractivity contribution >= 4 is 5.97 Å². The topological polar surface area (TPSA) is 37.3 Å². The Labute approximate surface area is 105 Å². The Morgan fingerprint density at radius 3 is 2.44 bits per heavy atom. The van der Waals surface area contributed by atoms with Crippen molar-refractivity contribution < 1.29 is 14.3 Å². The molecule has 0 fully saturated rings. The van der Waals surface area contributed by atoms with Crippen LogP contribution < -0.4 is 0 Å². The molecule has 0 saturated carbocycles. The summed E-state index contributed by atoms with van der Waals surface area (Å²) in [6.45, 7) is 1.86. The van der Waals surface area contributed by atoms with E-state index in [1.54, 1.807) is 18.2 Å². The van der Waals surface area contributed by atoms with Gasteiger partial charge in [-0.15, -0.1) is 0 Å². The maximum atomic E-state index is 12.8. The summed E-state index contributed by atoms with van der Waals surface area (Å²) >= 11 is 0. The summed E-state index contributed by atoms with van der Waals surface area (Å²) in [5, 5.41) is 9.15. The van der Waals surface area contributed by atoms with Crippen LogP contribution in [0.3, 0.4) is 0 Å². The molecule has 0 radical (unpaired) electrons. The molecule has 0 aliphatic heterocycles. The lowest BCUT2D eigenvalue weighted by molar-refractivity contribution is 0.0695. The second kappa shape index (κ2) is 5.00. The number of hydrogen-bond acceptors (Lipinski definition) is 1. The summed E-state index contributed by atoms with van der Waals surface area (Å²) in [7, 11) is 0. The highest BCUT2D eigenvalue weighted by Crippen LogP contribution is 2.16. The summed E-state index contributed by atoms with van der Waals surface area (Å²) in [5.41, 5.74) is 2.84. The molecule has 0 aromatic heterocycles. The van der Waals surface area contributed by atoms with Crippen molar-refractivity contribution in [1.82, 2.24) is 0 Å². The van der Waals surface area contributed by atoms with Crippen molar-refractivity contribution in [2.45, 2.75) is 13.3 Å². The maximum absolute atomic E-state index is 12.8. The molecule has 0 aliphatic rings. The van der Waals surface area contributed by atoms with Gasteiger partial charge in [0.05, 0.1) is 5.56 Å². The highest BCUT2D eigenvalue weighted by atomic mass is 19.1. The monoisotopic (exact) mass is 244 g/mol. The van der Waals surface area contributed by atoms with Crippen LogP contribution in [0.25, 0.3) is 0 Å². The molecule has 0 spiro atoms. The molecule has 1 N–H and O–H groups in total. The molecule has 2 rings (SSSR count). The average molecular weight is 244 g/mol. The fraction of sp³-hybridized carbons (Fsp3) is 0.133. The minimum atomic E-state index is -0.934. The lowest BCUT2D eigenvalue weighted by atomic mass is 9.98. The van der Waals surface area contributed by atoms with E-state index in [1.165, 1.54) is 12.1 Å². The van der Waals surface area contributed by atoms with Gasteiger partial charge in [0.1, 0.15) is 5.82 Å². The molecule has 18 heavy (non-hydrogen) atoms. The van der Waals surface area contributed by atoms with Crippen molar-refractivity contribution in [1.29, 1.82) is 0 Å². The molecular formula is C15H13FO2. The molecule has 0 amide bonds. The van der Waals surface area contributed by atoms with Crippen LogP contribution in [-0.4, -0.2) is 11.1 Å². The third kappa shape index (κ3) is 2.74. The van der Waals surface area contributed by atoms with E-state index in [-0.39, 0.29) is 5.82 Å². The first-order valence-corrected chi connectivity index (χ1v) is 5.63. The molecule has 0 unspecified atom stereocenters. The Kier molecular flexibility index (Phi) is 3.42. The van der Waals surface area contributed by atoms with Gasteiger partial charge in [0, 0.05) is 0 Å². The quantitative estimate of drug-likeness (QED) is 0.898. The second-order valence-corrected chi connectivity index (χ2v) is 4.27. The molecule has 0 atom stereocenters. The lowest BCUT2D eigenvalue weighted by Gasteiger charge is -2.07. The van der Waals surface area contributed by atoms with Gasteiger partial charge in [-0.1, -0.05) is 29.8 Å². The molecule has 92 valence electrons. The van der Waals surface area contributed by atoms with Crippen LogP contribution in [-0.2, 0) is 6.42 Å². The highest BCUT2D eigenvalue weighted by Gasteiger charge is 2.10. The molecular weight excluding hydrogens is 231 g/mol. The number of benzene rings is 2. The smallest absolute Gasteiger partial charge is 0.335 e. The molecule has 0 saturated heterocycles. The van der Waals surface area contributed by atoms with Gasteiger partial charge in [-0.2, -0.15) is 0 Å². The molecule has 2 nitrogen and oxygen atoms in total. The summed E-state index contributed by atoms with van der Waals surface area (Å²) < 4.78 is 12.8. The normalized spacial score (nSPS) is 10.3. The standard InChI is InChI=1S/C15H13FO2/c1-10-2-5-12(14(8-10)15(17)18)9-11-3-6-13(16)7-4-11/h2-8H,9H2,1H3,(H,17,18). The second-order valence-electron chi connectivity index (χ2n) is 4.27. The summed E-state index contributed by atoms with van der Waals surface area (Å²) in [6.07, 6.45) is 0.488. The van der Waals surface area contributed by atoms with E-state index in [2.05, 4.69) is 0 Å². The number of rotatable bonds is 3. The largest absolute Gasteiger partial charge is 0.478 e. The summed E-state index contributed by atoms with van der Waals surface area (Å²) in [6, 6.07) is 11.4. The minimum absolute atomic E-state index is 0.291. The van der Waals surface area contributed by atoms with Crippen LogP contribution in [0.2, 0.25) is 0 Å². The van der Waals surface area contributed by atoms with E-state index in [0.717, 1.165) is 16.7 Å². The molecule has 0 bridgehead atoms. The van der Waals surface area contributed by atoms with Crippen molar-refractivity contribution in [3.63, 3.8) is 0 Å². The van der Waals surface area contributed by atoms with Crippen LogP contribution >= 0.6 is 0 Å². The first-order valence-electron chi connectivity index (χ1n) is 5.63. The zero-order chi connectivity index (χ0) is 13.1. The van der Waals surface area contributed by atoms with Crippen LogP contribution in [0.15, 0.2) is 42.5 Å². The van der Waals surface area contributed by atoms with Crippen molar-refractivity contribution in [2.24, 2.45) is 0 Å². The van der Waals surface area contributed by atoms with Crippen LogP contribution in [0.5, 0.6) is 0 Å². The number of halogens is 1. The number of carboxylic acid groups (broad SMARTS) is 1. The van der Waals surface area contributed by atoms with E-state index < -0.39 is 5.97 Å². The van der Waals surface area contributed by atoms with Crippen LogP contribution in [0.4, 0.5) is 4.39 Å². The van der Waals surface area contributed by atoms with Crippen molar-refractivity contribution in [2.75, 3.05) is 0 Å². The third-order valence-corrected chi connectivity index (χ3v) is 2.80. The first kappa shape index (κ1) is 12.3. The predicted molar refractivity (Wildman–Crippen MR) is 67.3 cm³/mol. The summed E-state index contributed by atoms with van der Waals surface area (Å²) in [5.74, 6) is -1.23. The Balaban J connectivity index is 2.34. The SMILES string of the molecule is Cc1ccc(Cc2ccc(F)cc2)c(C(=O)O)c1. The zero-order valence-corrected chi connectivity index (χ0v) is 9.98. The molecule has 2 aromatic rings. The van der Waals surface area contributed by atoms with E-state index in [9.17, 15) is 9.18 Å². The summed E-state index contributed by atoms with van der Waals surface area (Å²) in [4.78, 5) is 11.2. The average Bonchev–Trinajstić information content (AvgIpc) is 2.34. The van der Waals surface area contributed by atoms with Gasteiger partial charge in [-0.3, -0.25) is 0 Å². The molecule has 2 aromatic carbocycles. The molecule has 0 aliphatic carbocycles. The number of hydrogen-bond donors (Lipinski definition) is 1. The predicted octanol–water partition coefficient (Wildman–Crippen LogP) is 3.42. The molecule has 3 heteroatoms. The first-order chi connectivity index (χ1) is 8.56. The highest BCUT2D eigenvalue weighted by molar-refractivity contribution is 5.89.